The molecule has 3 rings (SSSR count). The molecule has 7 heteroatoms. The molecule has 0 heterocycles. The number of hydrogen-bond donors (Lipinski definition) is 1. The summed E-state index contributed by atoms with van der Waals surface area (Å²) in [5.74, 6) is -0.308. The summed E-state index contributed by atoms with van der Waals surface area (Å²) in [6.07, 6.45) is -0.0977. The van der Waals surface area contributed by atoms with Crippen molar-refractivity contribution in [3.05, 3.63) is 52.8 Å². The fourth-order valence-corrected chi connectivity index (χ4v) is 3.81. The van der Waals surface area contributed by atoms with E-state index in [4.69, 9.17) is 10.00 Å². The Morgan fingerprint density at radius 2 is 2.12 bits per heavy atom. The van der Waals surface area contributed by atoms with Crippen LogP contribution in [0.4, 0.5) is 8.78 Å². The number of rotatable bonds is 3. The highest BCUT2D eigenvalue weighted by atomic mass is 32.2. The molecule has 0 saturated heterocycles. The van der Waals surface area contributed by atoms with Crippen LogP contribution < -0.4 is 4.74 Å². The Hall–Kier alpha value is -2.30. The van der Waals surface area contributed by atoms with Crippen LogP contribution in [0.3, 0.4) is 0 Å². The zero-order chi connectivity index (χ0) is 18.4. The minimum Gasteiger partial charge on any atom is -0.457 e. The molecule has 130 valence electrons. The zero-order valence-electron chi connectivity index (χ0n) is 13.5. The molecule has 0 aliphatic heterocycles. The van der Waals surface area contributed by atoms with Crippen molar-refractivity contribution in [1.29, 1.82) is 5.26 Å². The summed E-state index contributed by atoms with van der Waals surface area (Å²) < 4.78 is 45.8. The van der Waals surface area contributed by atoms with E-state index < -0.39 is 28.4 Å². The van der Waals surface area contributed by atoms with E-state index in [1.54, 1.807) is 0 Å². The number of benzene rings is 2. The van der Waals surface area contributed by atoms with Gasteiger partial charge in [-0.25, -0.2) is 8.78 Å². The van der Waals surface area contributed by atoms with E-state index in [1.807, 2.05) is 6.07 Å². The van der Waals surface area contributed by atoms with Crippen molar-refractivity contribution in [3.8, 4) is 17.6 Å². The van der Waals surface area contributed by atoms with E-state index in [2.05, 4.69) is 0 Å². The van der Waals surface area contributed by atoms with Gasteiger partial charge in [-0.15, -0.1) is 0 Å². The molecule has 1 N–H and O–H groups in total. The lowest BCUT2D eigenvalue weighted by atomic mass is 10.0. The summed E-state index contributed by atoms with van der Waals surface area (Å²) in [6.45, 7) is 1.26. The normalized spacial score (nSPS) is 23.0. The van der Waals surface area contributed by atoms with E-state index in [-0.39, 0.29) is 29.0 Å². The number of ether oxygens (including phenoxy) is 1. The van der Waals surface area contributed by atoms with Crippen molar-refractivity contribution in [2.75, 3.05) is 6.26 Å². The Morgan fingerprint density at radius 3 is 2.76 bits per heavy atom. The van der Waals surface area contributed by atoms with Crippen LogP contribution in [0.1, 0.15) is 29.7 Å². The van der Waals surface area contributed by atoms with Gasteiger partial charge in [-0.3, -0.25) is 4.21 Å². The van der Waals surface area contributed by atoms with Gasteiger partial charge < -0.3 is 9.84 Å². The molecule has 3 unspecified atom stereocenters. The standard InChI is InChI=1S/C18H15F2NO3S/c1-18(20)8-13-14(3-4-15(25(2)23)16(13)17(18)22)24-12-6-10(9-21)5-11(19)7-12/h3-7,17,22H,8H2,1-2H3. The Labute approximate surface area is 146 Å². The van der Waals surface area contributed by atoms with Crippen molar-refractivity contribution in [3.63, 3.8) is 0 Å². The van der Waals surface area contributed by atoms with Crippen LogP contribution in [-0.4, -0.2) is 21.2 Å². The predicted octanol–water partition coefficient (Wildman–Crippen LogP) is 3.54. The summed E-state index contributed by atoms with van der Waals surface area (Å²) in [5.41, 5.74) is -1.18. The molecule has 0 fully saturated rings. The van der Waals surface area contributed by atoms with Crippen molar-refractivity contribution >= 4 is 10.8 Å². The van der Waals surface area contributed by atoms with Gasteiger partial charge in [-0.05, 0) is 31.2 Å². The van der Waals surface area contributed by atoms with Crippen LogP contribution in [0.25, 0.3) is 0 Å². The maximum atomic E-state index is 14.6. The molecule has 0 amide bonds. The van der Waals surface area contributed by atoms with Crippen LogP contribution in [0, 0.1) is 17.1 Å². The second kappa shape index (κ2) is 6.21. The molecule has 1 aliphatic carbocycles. The Bertz CT molecular complexity index is 921. The average Bonchev–Trinajstić information content (AvgIpc) is 2.78. The fourth-order valence-electron chi connectivity index (χ4n) is 3.01. The third kappa shape index (κ3) is 3.15. The highest BCUT2D eigenvalue weighted by Crippen LogP contribution is 2.48. The second-order valence-corrected chi connectivity index (χ2v) is 7.50. The number of hydrogen-bond acceptors (Lipinski definition) is 4. The van der Waals surface area contributed by atoms with Gasteiger partial charge in [0.25, 0.3) is 0 Å². The maximum Gasteiger partial charge on any atom is 0.142 e. The van der Waals surface area contributed by atoms with Gasteiger partial charge in [0.1, 0.15) is 29.1 Å². The lowest BCUT2D eigenvalue weighted by molar-refractivity contribution is 0.0166. The highest BCUT2D eigenvalue weighted by molar-refractivity contribution is 7.84. The van der Waals surface area contributed by atoms with Gasteiger partial charge in [0, 0.05) is 34.8 Å². The number of aliphatic hydroxyl groups is 1. The largest absolute Gasteiger partial charge is 0.457 e. The summed E-state index contributed by atoms with van der Waals surface area (Å²) in [5, 5.41) is 19.2. The SMILES string of the molecule is CS(=O)c1ccc(Oc2cc(F)cc(C#N)c2)c2c1C(O)C(C)(F)C2. The van der Waals surface area contributed by atoms with E-state index in [1.165, 1.54) is 31.4 Å². The number of nitrogens with zero attached hydrogens (tertiary/aromatic N) is 1. The topological polar surface area (TPSA) is 70.3 Å². The molecular weight excluding hydrogens is 348 g/mol. The molecule has 0 radical (unpaired) electrons. The molecule has 25 heavy (non-hydrogen) atoms. The molecular formula is C18H15F2NO3S. The zero-order valence-corrected chi connectivity index (χ0v) is 14.4. The molecule has 4 nitrogen and oxygen atoms in total. The predicted molar refractivity (Wildman–Crippen MR) is 88.1 cm³/mol. The van der Waals surface area contributed by atoms with Crippen LogP contribution in [0.2, 0.25) is 0 Å². The molecule has 2 aromatic rings. The van der Waals surface area contributed by atoms with Gasteiger partial charge in [-0.1, -0.05) is 0 Å². The third-order valence-corrected chi connectivity index (χ3v) is 5.15. The van der Waals surface area contributed by atoms with Gasteiger partial charge in [-0.2, -0.15) is 5.26 Å². The molecule has 0 spiro atoms. The highest BCUT2D eigenvalue weighted by Gasteiger charge is 2.45. The first-order chi connectivity index (χ1) is 11.7. The average molecular weight is 363 g/mol. The molecule has 0 bridgehead atoms. The van der Waals surface area contributed by atoms with Crippen molar-refractivity contribution in [2.24, 2.45) is 0 Å². The molecule has 0 aromatic heterocycles. The Kier molecular flexibility index (Phi) is 4.35. The van der Waals surface area contributed by atoms with E-state index in [0.717, 1.165) is 12.1 Å². The molecule has 3 atom stereocenters. The molecule has 2 aromatic carbocycles. The first-order valence-electron chi connectivity index (χ1n) is 7.47. The maximum absolute atomic E-state index is 14.6. The second-order valence-electron chi connectivity index (χ2n) is 6.16. The lowest BCUT2D eigenvalue weighted by Crippen LogP contribution is -2.23. The molecule has 0 saturated carbocycles. The summed E-state index contributed by atoms with van der Waals surface area (Å²) in [4.78, 5) is 0.341. The number of alkyl halides is 1. The summed E-state index contributed by atoms with van der Waals surface area (Å²) >= 11 is 0. The van der Waals surface area contributed by atoms with Crippen LogP contribution in [0.15, 0.2) is 35.2 Å². The summed E-state index contributed by atoms with van der Waals surface area (Å²) in [6, 6.07) is 8.39. The molecule has 1 aliphatic rings. The van der Waals surface area contributed by atoms with Gasteiger partial charge in [0.2, 0.25) is 0 Å². The number of fused-ring (bicyclic) bond motifs is 1. The minimum atomic E-state index is -1.92. The smallest absolute Gasteiger partial charge is 0.142 e. The monoisotopic (exact) mass is 363 g/mol. The Morgan fingerprint density at radius 1 is 1.40 bits per heavy atom. The van der Waals surface area contributed by atoms with Crippen molar-refractivity contribution in [2.45, 2.75) is 30.0 Å². The first kappa shape index (κ1) is 17.5. The van der Waals surface area contributed by atoms with Gasteiger partial charge >= 0.3 is 0 Å². The van der Waals surface area contributed by atoms with E-state index >= 15 is 0 Å². The number of halogens is 2. The van der Waals surface area contributed by atoms with Crippen LogP contribution in [-0.2, 0) is 17.2 Å². The van der Waals surface area contributed by atoms with Crippen molar-refractivity contribution < 1.29 is 22.8 Å². The van der Waals surface area contributed by atoms with Gasteiger partial charge in [0.05, 0.1) is 22.4 Å². The lowest BCUT2D eigenvalue weighted by Gasteiger charge is -2.18. The first-order valence-corrected chi connectivity index (χ1v) is 9.03. The Balaban J connectivity index is 2.10. The quantitative estimate of drug-likeness (QED) is 0.905. The minimum absolute atomic E-state index is 0.0890. The van der Waals surface area contributed by atoms with E-state index in [9.17, 15) is 18.1 Å². The number of nitriles is 1. The van der Waals surface area contributed by atoms with Crippen molar-refractivity contribution in [1.82, 2.24) is 0 Å². The van der Waals surface area contributed by atoms with Crippen LogP contribution >= 0.6 is 0 Å². The third-order valence-electron chi connectivity index (χ3n) is 4.18. The summed E-state index contributed by atoms with van der Waals surface area (Å²) in [7, 11) is -1.41. The van der Waals surface area contributed by atoms with Gasteiger partial charge in [0.15, 0.2) is 0 Å². The van der Waals surface area contributed by atoms with Crippen LogP contribution in [0.5, 0.6) is 11.5 Å². The fraction of sp³-hybridized carbons (Fsp3) is 0.278. The number of aliphatic hydroxyl groups excluding tert-OH is 1. The van der Waals surface area contributed by atoms with E-state index in [0.29, 0.717) is 10.5 Å².